The van der Waals surface area contributed by atoms with Crippen molar-refractivity contribution in [1.29, 1.82) is 0 Å². The second-order valence-corrected chi connectivity index (χ2v) is 4.86. The van der Waals surface area contributed by atoms with E-state index in [1.54, 1.807) is 0 Å². The minimum absolute atomic E-state index is 0.101. The zero-order valence-electron chi connectivity index (χ0n) is 13.9. The first-order chi connectivity index (χ1) is 11.4. The first-order valence-electron chi connectivity index (χ1n) is 7.60. The van der Waals surface area contributed by atoms with E-state index in [0.29, 0.717) is 6.42 Å². The fraction of sp³-hybridized carbons (Fsp3) is 0.625. The van der Waals surface area contributed by atoms with Crippen LogP contribution < -0.4 is 0 Å². The van der Waals surface area contributed by atoms with Crippen molar-refractivity contribution < 1.29 is 38.7 Å². The van der Waals surface area contributed by atoms with Gasteiger partial charge in [-0.25, -0.2) is 9.59 Å². The number of carbonyl (C=O) groups is 2. The van der Waals surface area contributed by atoms with Crippen molar-refractivity contribution in [3.8, 4) is 0 Å². The van der Waals surface area contributed by atoms with Crippen LogP contribution in [0.3, 0.4) is 0 Å². The molecular formula is C16H26O8. The van der Waals surface area contributed by atoms with Crippen molar-refractivity contribution in [2.24, 2.45) is 0 Å². The van der Waals surface area contributed by atoms with E-state index in [1.807, 2.05) is 6.92 Å². The maximum Gasteiger partial charge on any atom is 0.330 e. The van der Waals surface area contributed by atoms with Crippen LogP contribution in [0.4, 0.5) is 0 Å². The molecule has 2 unspecified atom stereocenters. The molecule has 0 fully saturated rings. The molecule has 0 radical (unpaired) electrons. The highest BCUT2D eigenvalue weighted by Crippen LogP contribution is 2.06. The average molecular weight is 346 g/mol. The van der Waals surface area contributed by atoms with Crippen LogP contribution in [0.15, 0.2) is 25.3 Å². The number of hydrogen-bond acceptors (Lipinski definition) is 8. The third kappa shape index (κ3) is 11.8. The van der Waals surface area contributed by atoms with E-state index in [4.69, 9.17) is 9.47 Å². The van der Waals surface area contributed by atoms with Crippen molar-refractivity contribution in [1.82, 2.24) is 0 Å². The summed E-state index contributed by atoms with van der Waals surface area (Å²) in [7, 11) is 0. The van der Waals surface area contributed by atoms with Crippen LogP contribution in [0.2, 0.25) is 0 Å². The predicted octanol–water partition coefficient (Wildman–Crippen LogP) is 0.326. The zero-order chi connectivity index (χ0) is 18.4. The smallest absolute Gasteiger partial charge is 0.330 e. The summed E-state index contributed by atoms with van der Waals surface area (Å²) in [5.74, 6) is -1.26. The molecule has 2 N–H and O–H groups in total. The summed E-state index contributed by atoms with van der Waals surface area (Å²) in [4.78, 5) is 21.8. The molecule has 8 heteroatoms. The number of ether oxygens (including phenoxy) is 4. The van der Waals surface area contributed by atoms with Crippen LogP contribution in [0.25, 0.3) is 0 Å². The Morgan fingerprint density at radius 1 is 0.917 bits per heavy atom. The van der Waals surface area contributed by atoms with Gasteiger partial charge in [-0.15, -0.1) is 0 Å². The maximum atomic E-state index is 10.9. The molecule has 138 valence electrons. The standard InChI is InChI=1S/C16H26O8/c1-4-7-16(23-10-12(17)8-21-14(19)5-2)24-11-13(18)9-22-15(20)6-3/h5-6,12-13,16-18H,2-4,7-11H2,1H3. The molecule has 0 aromatic carbocycles. The molecule has 0 heterocycles. The van der Waals surface area contributed by atoms with Gasteiger partial charge in [0.25, 0.3) is 0 Å². The van der Waals surface area contributed by atoms with Gasteiger partial charge in [0, 0.05) is 12.2 Å². The summed E-state index contributed by atoms with van der Waals surface area (Å²) in [5.41, 5.74) is 0. The fourth-order valence-electron chi connectivity index (χ4n) is 1.46. The second-order valence-electron chi connectivity index (χ2n) is 4.86. The van der Waals surface area contributed by atoms with E-state index in [-0.39, 0.29) is 26.4 Å². The number of aliphatic hydroxyl groups excluding tert-OH is 2. The van der Waals surface area contributed by atoms with Crippen LogP contribution >= 0.6 is 0 Å². The van der Waals surface area contributed by atoms with Gasteiger partial charge in [0.2, 0.25) is 0 Å². The normalized spacial score (nSPS) is 14.3. The highest BCUT2D eigenvalue weighted by Gasteiger charge is 2.16. The van der Waals surface area contributed by atoms with E-state index in [9.17, 15) is 19.8 Å². The Morgan fingerprint density at radius 2 is 1.33 bits per heavy atom. The Kier molecular flexibility index (Phi) is 12.7. The van der Waals surface area contributed by atoms with Gasteiger partial charge in [0.1, 0.15) is 25.4 Å². The number of carbonyl (C=O) groups excluding carboxylic acids is 2. The Hall–Kier alpha value is -1.74. The Morgan fingerprint density at radius 3 is 1.67 bits per heavy atom. The van der Waals surface area contributed by atoms with E-state index in [1.165, 1.54) is 0 Å². The van der Waals surface area contributed by atoms with Gasteiger partial charge >= 0.3 is 11.9 Å². The molecule has 0 amide bonds. The molecule has 0 bridgehead atoms. The van der Waals surface area contributed by atoms with E-state index >= 15 is 0 Å². The number of rotatable bonds is 14. The molecule has 0 aliphatic rings. The molecule has 0 aliphatic carbocycles. The molecule has 0 spiro atoms. The van der Waals surface area contributed by atoms with Crippen molar-refractivity contribution >= 4 is 11.9 Å². The highest BCUT2D eigenvalue weighted by atomic mass is 16.7. The molecule has 2 atom stereocenters. The minimum atomic E-state index is -1.00. The molecule has 0 saturated heterocycles. The summed E-state index contributed by atoms with van der Waals surface area (Å²) in [6.07, 6.45) is 0.635. The van der Waals surface area contributed by atoms with Gasteiger partial charge in [0.05, 0.1) is 13.2 Å². The lowest BCUT2D eigenvalue weighted by Gasteiger charge is -2.21. The molecule has 0 aliphatic heterocycles. The quantitative estimate of drug-likeness (QED) is 0.263. The monoisotopic (exact) mass is 346 g/mol. The van der Waals surface area contributed by atoms with Crippen LogP contribution in [0.5, 0.6) is 0 Å². The topological polar surface area (TPSA) is 112 Å². The van der Waals surface area contributed by atoms with Gasteiger partial charge in [0.15, 0.2) is 6.29 Å². The van der Waals surface area contributed by atoms with Crippen molar-refractivity contribution in [2.75, 3.05) is 26.4 Å². The molecule has 0 aromatic heterocycles. The van der Waals surface area contributed by atoms with Gasteiger partial charge in [-0.3, -0.25) is 0 Å². The Balaban J connectivity index is 4.06. The minimum Gasteiger partial charge on any atom is -0.460 e. The SMILES string of the molecule is C=CC(=O)OCC(O)COC(CCC)OCC(O)COC(=O)C=C. The summed E-state index contributed by atoms with van der Waals surface area (Å²) >= 11 is 0. The molecule has 0 rings (SSSR count). The first kappa shape index (κ1) is 22.3. The zero-order valence-corrected chi connectivity index (χ0v) is 13.9. The number of hydrogen-bond donors (Lipinski definition) is 2. The molecule has 0 aromatic rings. The van der Waals surface area contributed by atoms with Crippen LogP contribution in [-0.4, -0.2) is 67.1 Å². The predicted molar refractivity (Wildman–Crippen MR) is 84.9 cm³/mol. The van der Waals surface area contributed by atoms with Crippen LogP contribution in [0.1, 0.15) is 19.8 Å². The highest BCUT2D eigenvalue weighted by molar-refractivity contribution is 5.81. The van der Waals surface area contributed by atoms with Gasteiger partial charge < -0.3 is 29.2 Å². The van der Waals surface area contributed by atoms with Crippen molar-refractivity contribution in [3.05, 3.63) is 25.3 Å². The largest absolute Gasteiger partial charge is 0.460 e. The number of aliphatic hydroxyl groups is 2. The number of esters is 2. The first-order valence-corrected chi connectivity index (χ1v) is 7.60. The second kappa shape index (κ2) is 13.7. The maximum absolute atomic E-state index is 10.9. The van der Waals surface area contributed by atoms with Crippen LogP contribution in [0, 0.1) is 0 Å². The van der Waals surface area contributed by atoms with Gasteiger partial charge in [-0.1, -0.05) is 26.5 Å². The summed E-state index contributed by atoms with van der Waals surface area (Å²) < 4.78 is 20.1. The average Bonchev–Trinajstić information content (AvgIpc) is 2.59. The molecule has 24 heavy (non-hydrogen) atoms. The van der Waals surface area contributed by atoms with Crippen molar-refractivity contribution in [2.45, 2.75) is 38.3 Å². The van der Waals surface area contributed by atoms with E-state index in [2.05, 4.69) is 22.6 Å². The Bertz CT molecular complexity index is 362. The third-order valence-corrected chi connectivity index (χ3v) is 2.64. The lowest BCUT2D eigenvalue weighted by molar-refractivity contribution is -0.181. The van der Waals surface area contributed by atoms with Gasteiger partial charge in [-0.2, -0.15) is 0 Å². The lowest BCUT2D eigenvalue weighted by Crippen LogP contribution is -2.31. The summed E-state index contributed by atoms with van der Waals surface area (Å²) in [5, 5.41) is 19.3. The van der Waals surface area contributed by atoms with Gasteiger partial charge in [-0.05, 0) is 6.42 Å². The van der Waals surface area contributed by atoms with Crippen LogP contribution in [-0.2, 0) is 28.5 Å². The summed E-state index contributed by atoms with van der Waals surface area (Å²) in [6, 6.07) is 0. The van der Waals surface area contributed by atoms with E-state index < -0.39 is 30.4 Å². The third-order valence-electron chi connectivity index (χ3n) is 2.64. The lowest BCUT2D eigenvalue weighted by atomic mass is 10.3. The van der Waals surface area contributed by atoms with E-state index in [0.717, 1.165) is 18.6 Å². The van der Waals surface area contributed by atoms with Crippen molar-refractivity contribution in [3.63, 3.8) is 0 Å². The molecular weight excluding hydrogens is 320 g/mol. The molecule has 8 nitrogen and oxygen atoms in total. The fourth-order valence-corrected chi connectivity index (χ4v) is 1.46. The Labute approximate surface area is 141 Å². The summed E-state index contributed by atoms with van der Waals surface area (Å²) in [6.45, 7) is 7.77. The molecule has 0 saturated carbocycles.